The predicted molar refractivity (Wildman–Crippen MR) is 82.3 cm³/mol. The van der Waals surface area contributed by atoms with E-state index in [4.69, 9.17) is 15.4 Å². The average Bonchev–Trinajstić information content (AvgIpc) is 2.36. The van der Waals surface area contributed by atoms with Gasteiger partial charge in [0.1, 0.15) is 0 Å². The van der Waals surface area contributed by atoms with Crippen LogP contribution in [-0.2, 0) is 13.8 Å². The van der Waals surface area contributed by atoms with E-state index >= 15 is 0 Å². The molecule has 0 saturated carbocycles. The molecule has 0 heterocycles. The van der Waals surface area contributed by atoms with Crippen molar-refractivity contribution in [3.8, 4) is 0 Å². The molecule has 0 fully saturated rings. The Morgan fingerprint density at radius 1 is 1.38 bits per heavy atom. The predicted octanol–water partition coefficient (Wildman–Crippen LogP) is 2.42. The van der Waals surface area contributed by atoms with Gasteiger partial charge in [-0.25, -0.2) is 8.42 Å². The summed E-state index contributed by atoms with van der Waals surface area (Å²) in [6.45, 7) is 6.45. The molecule has 0 aliphatic heterocycles. The number of hydrogen-bond acceptors (Lipinski definition) is 4. The first-order chi connectivity index (χ1) is 9.62. The molecular weight excluding hydrogens is 314 g/mol. The Bertz CT molecular complexity index is 613. The number of nitrogens with zero attached hydrogens (tertiary/aromatic N) is 1. The van der Waals surface area contributed by atoms with E-state index in [-0.39, 0.29) is 16.9 Å². The lowest BCUT2D eigenvalue weighted by atomic mass is 10.1. The summed E-state index contributed by atoms with van der Waals surface area (Å²) < 4.78 is 27.9. The molecule has 0 radical (unpaired) electrons. The van der Waals surface area contributed by atoms with Crippen LogP contribution in [0.2, 0.25) is 0 Å². The molecule has 5 nitrogen and oxygen atoms in total. The smallest absolute Gasteiger partial charge is 0.261 e. The van der Waals surface area contributed by atoms with Crippen LogP contribution in [0.4, 0.5) is 0 Å². The van der Waals surface area contributed by atoms with Crippen LogP contribution < -0.4 is 0 Å². The summed E-state index contributed by atoms with van der Waals surface area (Å²) in [4.78, 5) is 13.8. The number of carbonyl (C=O) groups is 1. The van der Waals surface area contributed by atoms with Crippen LogP contribution in [0.25, 0.3) is 0 Å². The zero-order valence-corrected chi connectivity index (χ0v) is 14.2. The average molecular weight is 334 g/mol. The lowest BCUT2D eigenvalue weighted by Gasteiger charge is -2.19. The van der Waals surface area contributed by atoms with Gasteiger partial charge in [0, 0.05) is 29.8 Å². The van der Waals surface area contributed by atoms with Crippen molar-refractivity contribution in [1.29, 1.82) is 0 Å². The van der Waals surface area contributed by atoms with Gasteiger partial charge in [-0.05, 0) is 44.5 Å². The third-order valence-corrected chi connectivity index (χ3v) is 4.29. The molecule has 0 aliphatic carbocycles. The molecule has 118 valence electrons. The normalized spacial score (nSPS) is 11.7. The molecule has 21 heavy (non-hydrogen) atoms. The van der Waals surface area contributed by atoms with Crippen LogP contribution in [0.3, 0.4) is 0 Å². The van der Waals surface area contributed by atoms with Crippen molar-refractivity contribution in [3.63, 3.8) is 0 Å². The fraction of sp³-hybridized carbons (Fsp3) is 0.500. The summed E-state index contributed by atoms with van der Waals surface area (Å²) in [6.07, 6.45) is 0.114. The second-order valence-electron chi connectivity index (χ2n) is 5.06. The fourth-order valence-corrected chi connectivity index (χ4v) is 2.60. The Kier molecular flexibility index (Phi) is 6.19. The van der Waals surface area contributed by atoms with Crippen LogP contribution in [0.5, 0.6) is 0 Å². The molecule has 0 aromatic heterocycles. The van der Waals surface area contributed by atoms with Crippen LogP contribution in [0.15, 0.2) is 23.1 Å². The van der Waals surface area contributed by atoms with E-state index in [0.29, 0.717) is 24.3 Å². The van der Waals surface area contributed by atoms with Crippen molar-refractivity contribution >= 4 is 25.6 Å². The second-order valence-corrected chi connectivity index (χ2v) is 7.63. The van der Waals surface area contributed by atoms with Gasteiger partial charge in [-0.1, -0.05) is 0 Å². The van der Waals surface area contributed by atoms with E-state index in [0.717, 1.165) is 0 Å². The number of amides is 1. The number of ether oxygens (including phenoxy) is 1. The highest BCUT2D eigenvalue weighted by Crippen LogP contribution is 2.19. The number of aryl methyl sites for hydroxylation is 1. The largest absolute Gasteiger partial charge is 0.377 e. The standard InChI is InChI=1S/C14H20ClNO4S/c1-10(2)20-8-7-16(4)14(17)13-6-5-12(9-11(13)3)21(15,18)19/h5-6,9-10H,7-8H2,1-4H3. The molecule has 0 unspecified atom stereocenters. The molecular formula is C14H20ClNO4S. The van der Waals surface area contributed by atoms with Gasteiger partial charge in [-0.3, -0.25) is 4.79 Å². The van der Waals surface area contributed by atoms with Gasteiger partial charge in [-0.15, -0.1) is 0 Å². The molecule has 0 bridgehead atoms. The van der Waals surface area contributed by atoms with E-state index in [9.17, 15) is 13.2 Å². The van der Waals surface area contributed by atoms with Gasteiger partial charge < -0.3 is 9.64 Å². The van der Waals surface area contributed by atoms with Crippen LogP contribution in [0, 0.1) is 6.92 Å². The quantitative estimate of drug-likeness (QED) is 0.750. The zero-order valence-electron chi connectivity index (χ0n) is 12.6. The van der Waals surface area contributed by atoms with Crippen LogP contribution in [0.1, 0.15) is 29.8 Å². The summed E-state index contributed by atoms with van der Waals surface area (Å²) in [5.74, 6) is -0.182. The Morgan fingerprint density at radius 3 is 2.48 bits per heavy atom. The zero-order chi connectivity index (χ0) is 16.2. The SMILES string of the molecule is Cc1cc(S(=O)(=O)Cl)ccc1C(=O)N(C)CCOC(C)C. The second kappa shape index (κ2) is 7.24. The van der Waals surface area contributed by atoms with Gasteiger partial charge in [0.15, 0.2) is 0 Å². The summed E-state index contributed by atoms with van der Waals surface area (Å²) in [5, 5.41) is 0. The molecule has 0 aliphatic rings. The Labute approximate surface area is 130 Å². The molecule has 0 atom stereocenters. The van der Waals surface area contributed by atoms with E-state index in [1.807, 2.05) is 13.8 Å². The maximum Gasteiger partial charge on any atom is 0.261 e. The van der Waals surface area contributed by atoms with Gasteiger partial charge in [0.05, 0.1) is 17.6 Å². The van der Waals surface area contributed by atoms with Crippen molar-refractivity contribution in [2.75, 3.05) is 20.2 Å². The van der Waals surface area contributed by atoms with E-state index in [1.165, 1.54) is 18.2 Å². The van der Waals surface area contributed by atoms with Crippen molar-refractivity contribution in [2.45, 2.75) is 31.8 Å². The molecule has 0 spiro atoms. The topological polar surface area (TPSA) is 63.7 Å². The minimum absolute atomic E-state index is 0.0102. The number of halogens is 1. The number of hydrogen-bond donors (Lipinski definition) is 0. The van der Waals surface area contributed by atoms with Crippen LogP contribution in [-0.4, -0.2) is 45.5 Å². The maximum atomic E-state index is 12.3. The molecule has 0 N–H and O–H groups in total. The Morgan fingerprint density at radius 2 is 2.00 bits per heavy atom. The lowest BCUT2D eigenvalue weighted by molar-refractivity contribution is 0.0531. The van der Waals surface area contributed by atoms with E-state index in [2.05, 4.69) is 0 Å². The summed E-state index contributed by atoms with van der Waals surface area (Å²) in [7, 11) is 3.18. The minimum Gasteiger partial charge on any atom is -0.377 e. The van der Waals surface area contributed by atoms with Gasteiger partial charge in [0.2, 0.25) is 0 Å². The lowest BCUT2D eigenvalue weighted by Crippen LogP contribution is -2.31. The summed E-state index contributed by atoms with van der Waals surface area (Å²) in [5.41, 5.74) is 1.02. The van der Waals surface area contributed by atoms with Crippen molar-refractivity contribution < 1.29 is 17.9 Å². The Balaban J connectivity index is 2.83. The third kappa shape index (κ3) is 5.30. The third-order valence-electron chi connectivity index (χ3n) is 2.93. The van der Waals surface area contributed by atoms with Gasteiger partial charge in [-0.2, -0.15) is 0 Å². The van der Waals surface area contributed by atoms with Gasteiger partial charge in [0.25, 0.3) is 15.0 Å². The van der Waals surface area contributed by atoms with Crippen molar-refractivity contribution in [2.24, 2.45) is 0 Å². The summed E-state index contributed by atoms with van der Waals surface area (Å²) >= 11 is 0. The highest BCUT2D eigenvalue weighted by Gasteiger charge is 2.17. The summed E-state index contributed by atoms with van der Waals surface area (Å²) in [6, 6.07) is 4.21. The maximum absolute atomic E-state index is 12.3. The number of likely N-dealkylation sites (N-methyl/N-ethyl adjacent to an activating group) is 1. The van der Waals surface area contributed by atoms with Crippen molar-refractivity contribution in [1.82, 2.24) is 4.90 Å². The molecule has 1 aromatic carbocycles. The van der Waals surface area contributed by atoms with E-state index in [1.54, 1.807) is 18.9 Å². The fourth-order valence-electron chi connectivity index (χ4n) is 1.76. The molecule has 1 aromatic rings. The number of rotatable bonds is 6. The monoisotopic (exact) mass is 333 g/mol. The Hall–Kier alpha value is -1.11. The van der Waals surface area contributed by atoms with Gasteiger partial charge >= 0.3 is 0 Å². The molecule has 0 saturated heterocycles. The number of benzene rings is 1. The van der Waals surface area contributed by atoms with E-state index < -0.39 is 9.05 Å². The minimum atomic E-state index is -3.78. The highest BCUT2D eigenvalue weighted by molar-refractivity contribution is 8.13. The van der Waals surface area contributed by atoms with Crippen LogP contribution >= 0.6 is 10.7 Å². The first kappa shape index (κ1) is 17.9. The molecule has 1 amide bonds. The highest BCUT2D eigenvalue weighted by atomic mass is 35.7. The first-order valence-electron chi connectivity index (χ1n) is 6.55. The first-order valence-corrected chi connectivity index (χ1v) is 8.86. The molecule has 1 rings (SSSR count). The number of carbonyl (C=O) groups excluding carboxylic acids is 1. The van der Waals surface area contributed by atoms with Crippen molar-refractivity contribution in [3.05, 3.63) is 29.3 Å². The molecule has 7 heteroatoms.